The van der Waals surface area contributed by atoms with Crippen molar-refractivity contribution in [2.24, 2.45) is 0 Å². The first kappa shape index (κ1) is 29.2. The fraction of sp³-hybridized carbons (Fsp3) is 0.151. The third-order valence-electron chi connectivity index (χ3n) is 12.7. The number of nitrogens with zero attached hydrogens (tertiary/aromatic N) is 5. The van der Waals surface area contributed by atoms with Crippen molar-refractivity contribution in [1.29, 1.82) is 0 Å². The SMILES string of the molecule is [2H]C([2H])([2H])c1cc2c(cc1-c1ccc3c(c1)-c1ccccc1-c1ccccc1-c1cnc(N4c5nc6ccccc6n5C5C=CC=CC54)nc1-3)C(C)(C)c1ccc(C([2H])([2H])C)cc1O2. The molecule has 6 nitrogen and oxygen atoms in total. The van der Waals surface area contributed by atoms with Gasteiger partial charge in [0.15, 0.2) is 0 Å². The van der Waals surface area contributed by atoms with Gasteiger partial charge in [-0.1, -0.05) is 130 Å². The molecule has 0 radical (unpaired) electrons. The molecule has 0 saturated carbocycles. The minimum Gasteiger partial charge on any atom is -0.457 e. The molecule has 8 aromatic rings. The van der Waals surface area contributed by atoms with Gasteiger partial charge in [0.05, 0.1) is 28.8 Å². The first-order valence-electron chi connectivity index (χ1n) is 22.6. The zero-order chi connectivity index (χ0) is 43.9. The van der Waals surface area contributed by atoms with Crippen LogP contribution < -0.4 is 9.64 Å². The van der Waals surface area contributed by atoms with Crippen molar-refractivity contribution in [2.75, 3.05) is 4.90 Å². The predicted molar refractivity (Wildman–Crippen MR) is 239 cm³/mol. The van der Waals surface area contributed by atoms with Crippen LogP contribution in [0.2, 0.25) is 0 Å². The summed E-state index contributed by atoms with van der Waals surface area (Å²) in [7, 11) is 0. The van der Waals surface area contributed by atoms with Gasteiger partial charge < -0.3 is 9.30 Å². The molecule has 0 spiro atoms. The smallest absolute Gasteiger partial charge is 0.233 e. The molecule has 2 aromatic heterocycles. The molecule has 0 N–H and O–H groups in total. The molecule has 6 heteroatoms. The first-order chi connectivity index (χ1) is 30.8. The third kappa shape index (κ3) is 4.89. The molecule has 6 aromatic carbocycles. The summed E-state index contributed by atoms with van der Waals surface area (Å²) in [5, 5.41) is 0. The van der Waals surface area contributed by atoms with Crippen LogP contribution in [0.4, 0.5) is 11.9 Å². The van der Waals surface area contributed by atoms with Crippen LogP contribution in [0.1, 0.15) is 55.9 Å². The standard InChI is InChI=1S/C53H41N5O/c1-5-32-22-25-42-49(27-32)59-48-26-31(2)39(29-43(48)53(42,3)4)33-23-24-38-40(28-33)36-16-8-6-14-34(36)35-15-7-9-17-37(35)41-30-54-51(56-50(38)41)58-47-21-13-12-20-46(47)57-45-19-11-10-18-44(45)55-52(57)58/h6-30,46-47H,5H2,1-4H3/i2D3,5D2. The molecular formula is C53H41N5O. The van der Waals surface area contributed by atoms with E-state index in [0.29, 0.717) is 28.6 Å². The Morgan fingerprint density at radius 3 is 2.17 bits per heavy atom. The van der Waals surface area contributed by atoms with Gasteiger partial charge in [0, 0.05) is 40.7 Å². The van der Waals surface area contributed by atoms with Crippen molar-refractivity contribution in [3.8, 4) is 67.3 Å². The van der Waals surface area contributed by atoms with Crippen LogP contribution in [-0.2, 0) is 11.8 Å². The summed E-state index contributed by atoms with van der Waals surface area (Å²) < 4.78 is 51.9. The zero-order valence-electron chi connectivity index (χ0n) is 37.7. The minimum atomic E-state index is -2.48. The Balaban J connectivity index is 1.07. The highest BCUT2D eigenvalue weighted by Gasteiger charge is 2.42. The number of aryl methyl sites for hydroxylation is 2. The molecule has 0 saturated heterocycles. The molecule has 0 fully saturated rings. The number of rotatable bonds is 3. The highest BCUT2D eigenvalue weighted by Crippen LogP contribution is 2.52. The van der Waals surface area contributed by atoms with Gasteiger partial charge >= 0.3 is 0 Å². The summed E-state index contributed by atoms with van der Waals surface area (Å²) in [5.74, 6) is 2.30. The van der Waals surface area contributed by atoms with E-state index in [1.54, 1.807) is 12.1 Å². The summed E-state index contributed by atoms with van der Waals surface area (Å²) in [4.78, 5) is 17.9. The maximum atomic E-state index is 8.84. The Morgan fingerprint density at radius 2 is 1.39 bits per heavy atom. The van der Waals surface area contributed by atoms with E-state index in [4.69, 9.17) is 26.5 Å². The lowest BCUT2D eigenvalue weighted by Crippen LogP contribution is -2.31. The average molecular weight is 769 g/mol. The Bertz CT molecular complexity index is 3360. The lowest BCUT2D eigenvalue weighted by atomic mass is 9.74. The van der Waals surface area contributed by atoms with Crippen molar-refractivity contribution in [2.45, 2.75) is 51.5 Å². The van der Waals surface area contributed by atoms with E-state index in [-0.39, 0.29) is 17.6 Å². The summed E-state index contributed by atoms with van der Waals surface area (Å²) in [6.07, 6.45) is 8.93. The largest absolute Gasteiger partial charge is 0.457 e. The summed E-state index contributed by atoms with van der Waals surface area (Å²) >= 11 is 0. The van der Waals surface area contributed by atoms with E-state index < -0.39 is 18.6 Å². The van der Waals surface area contributed by atoms with E-state index in [0.717, 1.165) is 78.3 Å². The highest BCUT2D eigenvalue weighted by molar-refractivity contribution is 6.03. The van der Waals surface area contributed by atoms with Crippen LogP contribution in [0.25, 0.3) is 66.8 Å². The number of anilines is 2. The van der Waals surface area contributed by atoms with Crippen molar-refractivity contribution in [3.63, 3.8) is 0 Å². The van der Waals surface area contributed by atoms with Crippen LogP contribution in [0, 0.1) is 6.85 Å². The second kappa shape index (κ2) is 12.5. The number of aromatic nitrogens is 4. The molecule has 2 unspecified atom stereocenters. The van der Waals surface area contributed by atoms with E-state index >= 15 is 0 Å². The predicted octanol–water partition coefficient (Wildman–Crippen LogP) is 13.0. The number of para-hydroxylation sites is 2. The van der Waals surface area contributed by atoms with Gasteiger partial charge in [0.2, 0.25) is 11.9 Å². The highest BCUT2D eigenvalue weighted by atomic mass is 16.5. The van der Waals surface area contributed by atoms with Gasteiger partial charge in [-0.25, -0.2) is 15.0 Å². The van der Waals surface area contributed by atoms with Gasteiger partial charge in [0.1, 0.15) is 11.5 Å². The molecule has 0 amide bonds. The molecule has 59 heavy (non-hydrogen) atoms. The van der Waals surface area contributed by atoms with Gasteiger partial charge in [-0.05, 0) is 99.7 Å². The van der Waals surface area contributed by atoms with Crippen LogP contribution in [0.5, 0.6) is 11.5 Å². The van der Waals surface area contributed by atoms with Crippen molar-refractivity contribution >= 4 is 22.9 Å². The normalized spacial score (nSPS) is 19.0. The number of ether oxygens (including phenoxy) is 1. The molecular weight excluding hydrogens is 723 g/mol. The lowest BCUT2D eigenvalue weighted by Gasteiger charge is -2.35. The van der Waals surface area contributed by atoms with Gasteiger partial charge in [-0.15, -0.1) is 0 Å². The molecule has 2 aliphatic carbocycles. The van der Waals surface area contributed by atoms with Crippen LogP contribution in [-0.4, -0.2) is 25.6 Å². The molecule has 4 aliphatic rings. The minimum absolute atomic E-state index is 0.00751. The number of allylic oxidation sites excluding steroid dienone is 2. The lowest BCUT2D eigenvalue weighted by molar-refractivity contribution is 0.417. The maximum Gasteiger partial charge on any atom is 0.233 e. The number of benzene rings is 6. The number of fused-ring (bicyclic) bond motifs is 15. The fourth-order valence-corrected chi connectivity index (χ4v) is 9.78. The molecule has 2 atom stereocenters. The quantitative estimate of drug-likeness (QED) is 0.179. The van der Waals surface area contributed by atoms with Gasteiger partial charge in [-0.2, -0.15) is 0 Å². The summed E-state index contributed by atoms with van der Waals surface area (Å²) in [5.41, 5.74) is 12.7. The van der Waals surface area contributed by atoms with Crippen LogP contribution in [0.15, 0.2) is 152 Å². The first-order valence-corrected chi connectivity index (χ1v) is 20.1. The number of hydrogen-bond acceptors (Lipinski definition) is 5. The number of imidazole rings is 1. The monoisotopic (exact) mass is 768 g/mol. The van der Waals surface area contributed by atoms with Crippen molar-refractivity contribution in [1.82, 2.24) is 19.5 Å². The van der Waals surface area contributed by atoms with Crippen molar-refractivity contribution in [3.05, 3.63) is 174 Å². The van der Waals surface area contributed by atoms with E-state index in [1.165, 1.54) is 6.92 Å². The molecule has 2 aliphatic heterocycles. The molecule has 284 valence electrons. The summed E-state index contributed by atoms with van der Waals surface area (Å²) in [6, 6.07) is 40.2. The van der Waals surface area contributed by atoms with E-state index in [1.807, 2.05) is 60.8 Å². The number of hydrogen-bond donors (Lipinski definition) is 0. The Hall–Kier alpha value is -7.05. The summed E-state index contributed by atoms with van der Waals surface area (Å²) in [6.45, 7) is 3.24. The van der Waals surface area contributed by atoms with Gasteiger partial charge in [0.25, 0.3) is 0 Å². The second-order valence-corrected chi connectivity index (χ2v) is 16.3. The molecule has 4 heterocycles. The third-order valence-corrected chi connectivity index (χ3v) is 12.7. The van der Waals surface area contributed by atoms with Crippen molar-refractivity contribution < 1.29 is 11.6 Å². The Kier molecular flexibility index (Phi) is 6.18. The molecule has 12 rings (SSSR count). The maximum absolute atomic E-state index is 8.84. The van der Waals surface area contributed by atoms with Crippen LogP contribution in [0.3, 0.4) is 0 Å². The molecule has 0 bridgehead atoms. The van der Waals surface area contributed by atoms with Crippen LogP contribution >= 0.6 is 0 Å². The van der Waals surface area contributed by atoms with Gasteiger partial charge in [-0.3, -0.25) is 4.90 Å². The van der Waals surface area contributed by atoms with E-state index in [9.17, 15) is 0 Å². The zero-order valence-corrected chi connectivity index (χ0v) is 32.7. The fourth-order valence-electron chi connectivity index (χ4n) is 9.78. The van der Waals surface area contributed by atoms with E-state index in [2.05, 4.69) is 102 Å². The Morgan fingerprint density at radius 1 is 0.678 bits per heavy atom. The Labute approximate surface area is 350 Å². The average Bonchev–Trinajstić information content (AvgIpc) is 3.82. The topological polar surface area (TPSA) is 56.1 Å². The second-order valence-electron chi connectivity index (χ2n) is 16.3.